The first kappa shape index (κ1) is 21.7. The average molecular weight is 481 g/mol. The van der Waals surface area contributed by atoms with Crippen LogP contribution in [0.25, 0.3) is 22.2 Å². The van der Waals surface area contributed by atoms with Crippen molar-refractivity contribution in [1.82, 2.24) is 19.9 Å². The standard InChI is InChI=1S/C24H22Cl2N6O/c1-31-9-11-32(12-10-31)16-7-5-15(6-8-16)29-24-28-14-18-22(33)17(13-27-23(18)30-24)21-19(25)3-2-4-20(21)26/h2-8,13-14H,9-12H2,1H3,(H2,27,28,29,30,33). The van der Waals surface area contributed by atoms with Crippen LogP contribution in [0.4, 0.5) is 17.3 Å². The molecule has 1 aliphatic rings. The normalized spacial score (nSPS) is 14.6. The highest BCUT2D eigenvalue weighted by molar-refractivity contribution is 6.39. The highest BCUT2D eigenvalue weighted by Gasteiger charge is 2.16. The number of hydrogen-bond acceptors (Lipinski definition) is 6. The third kappa shape index (κ3) is 4.39. The quantitative estimate of drug-likeness (QED) is 0.437. The molecule has 0 radical (unpaired) electrons. The number of fused-ring (bicyclic) bond motifs is 1. The summed E-state index contributed by atoms with van der Waals surface area (Å²) in [6.45, 7) is 4.17. The van der Waals surface area contributed by atoms with Crippen molar-refractivity contribution in [3.8, 4) is 11.1 Å². The molecule has 0 unspecified atom stereocenters. The van der Waals surface area contributed by atoms with Crippen molar-refractivity contribution >= 4 is 51.6 Å². The number of piperazine rings is 1. The van der Waals surface area contributed by atoms with Gasteiger partial charge in [0.05, 0.1) is 15.4 Å². The molecule has 5 rings (SSSR count). The number of benzene rings is 2. The van der Waals surface area contributed by atoms with Crippen LogP contribution in [0.2, 0.25) is 10.0 Å². The Bertz CT molecular complexity index is 1340. The van der Waals surface area contributed by atoms with Crippen LogP contribution >= 0.6 is 23.2 Å². The van der Waals surface area contributed by atoms with Crippen LogP contribution in [0, 0.1) is 0 Å². The fraction of sp³-hybridized carbons (Fsp3) is 0.208. The Balaban J connectivity index is 1.38. The van der Waals surface area contributed by atoms with Crippen LogP contribution in [-0.2, 0) is 0 Å². The molecule has 2 N–H and O–H groups in total. The molecule has 9 heteroatoms. The van der Waals surface area contributed by atoms with Crippen molar-refractivity contribution < 1.29 is 0 Å². The van der Waals surface area contributed by atoms with Gasteiger partial charge in [0.1, 0.15) is 5.65 Å². The maximum absolute atomic E-state index is 13.1. The Morgan fingerprint density at radius 1 is 1.00 bits per heavy atom. The first-order chi connectivity index (χ1) is 16.0. The lowest BCUT2D eigenvalue weighted by molar-refractivity contribution is 0.313. The van der Waals surface area contributed by atoms with Crippen molar-refractivity contribution in [3.63, 3.8) is 0 Å². The number of rotatable bonds is 4. The monoisotopic (exact) mass is 480 g/mol. The minimum atomic E-state index is -0.234. The van der Waals surface area contributed by atoms with Crippen LogP contribution in [0.15, 0.2) is 59.7 Å². The summed E-state index contributed by atoms with van der Waals surface area (Å²) in [7, 11) is 2.15. The van der Waals surface area contributed by atoms with Gasteiger partial charge in [-0.25, -0.2) is 4.98 Å². The van der Waals surface area contributed by atoms with Crippen molar-refractivity contribution in [1.29, 1.82) is 0 Å². The molecule has 1 saturated heterocycles. The van der Waals surface area contributed by atoms with Gasteiger partial charge < -0.3 is 20.1 Å². The van der Waals surface area contributed by atoms with E-state index in [0.717, 1.165) is 31.9 Å². The van der Waals surface area contributed by atoms with Crippen LogP contribution in [-0.4, -0.2) is 53.1 Å². The summed E-state index contributed by atoms with van der Waals surface area (Å²) < 4.78 is 0. The van der Waals surface area contributed by atoms with Crippen LogP contribution in [0.5, 0.6) is 0 Å². The van der Waals surface area contributed by atoms with Gasteiger partial charge in [-0.1, -0.05) is 29.3 Å². The fourth-order valence-corrected chi connectivity index (χ4v) is 4.56. The Hall–Kier alpha value is -3.13. The molecule has 2 aromatic carbocycles. The smallest absolute Gasteiger partial charge is 0.229 e. The zero-order chi connectivity index (χ0) is 22.9. The van der Waals surface area contributed by atoms with Gasteiger partial charge in [-0.05, 0) is 43.4 Å². The van der Waals surface area contributed by atoms with Crippen molar-refractivity contribution in [2.75, 3.05) is 43.4 Å². The molecule has 3 heterocycles. The van der Waals surface area contributed by atoms with Gasteiger partial charge >= 0.3 is 0 Å². The number of hydrogen-bond donors (Lipinski definition) is 2. The van der Waals surface area contributed by atoms with Gasteiger partial charge in [-0.15, -0.1) is 0 Å². The Morgan fingerprint density at radius 2 is 1.70 bits per heavy atom. The molecule has 7 nitrogen and oxygen atoms in total. The molecule has 0 atom stereocenters. The minimum Gasteiger partial charge on any atom is -0.369 e. The van der Waals surface area contributed by atoms with Gasteiger partial charge in [0.15, 0.2) is 5.43 Å². The number of pyridine rings is 1. The van der Waals surface area contributed by atoms with E-state index in [9.17, 15) is 4.79 Å². The Labute approximate surface area is 201 Å². The maximum atomic E-state index is 13.1. The van der Waals surface area contributed by atoms with Crippen LogP contribution < -0.4 is 15.6 Å². The number of nitrogens with zero attached hydrogens (tertiary/aromatic N) is 4. The minimum absolute atomic E-state index is 0.234. The van der Waals surface area contributed by atoms with E-state index in [1.54, 1.807) is 24.4 Å². The summed E-state index contributed by atoms with van der Waals surface area (Å²) in [6, 6.07) is 13.3. The van der Waals surface area contributed by atoms with E-state index in [4.69, 9.17) is 23.2 Å². The SMILES string of the molecule is CN1CCN(c2ccc(Nc3ncc4c(=O)c(-c5c(Cl)cccc5Cl)c[nH]c4n3)cc2)CC1. The highest BCUT2D eigenvalue weighted by Crippen LogP contribution is 2.33. The number of anilines is 3. The van der Waals surface area contributed by atoms with Gasteiger partial charge in [-0.3, -0.25) is 4.79 Å². The molecule has 2 aromatic heterocycles. The third-order valence-electron chi connectivity index (χ3n) is 5.86. The molecular formula is C24H22Cl2N6O. The molecule has 0 bridgehead atoms. The van der Waals surface area contributed by atoms with Crippen LogP contribution in [0.1, 0.15) is 0 Å². The lowest BCUT2D eigenvalue weighted by Crippen LogP contribution is -2.44. The second-order valence-electron chi connectivity index (χ2n) is 8.05. The number of halogens is 2. The van der Waals surface area contributed by atoms with Crippen molar-refractivity contribution in [2.45, 2.75) is 0 Å². The van der Waals surface area contributed by atoms with E-state index < -0.39 is 0 Å². The molecular weight excluding hydrogens is 459 g/mol. The molecule has 33 heavy (non-hydrogen) atoms. The van der Waals surface area contributed by atoms with E-state index in [1.807, 2.05) is 12.1 Å². The summed E-state index contributed by atoms with van der Waals surface area (Å²) in [6.07, 6.45) is 3.09. The molecule has 0 aliphatic carbocycles. The Kier molecular flexibility index (Phi) is 5.93. The molecule has 168 valence electrons. The summed E-state index contributed by atoms with van der Waals surface area (Å²) in [5, 5.41) is 4.38. The lowest BCUT2D eigenvalue weighted by atomic mass is 10.1. The molecule has 4 aromatic rings. The number of likely N-dealkylation sites (N-methyl/N-ethyl adjacent to an activating group) is 1. The lowest BCUT2D eigenvalue weighted by Gasteiger charge is -2.34. The molecule has 1 fully saturated rings. The topological polar surface area (TPSA) is 77.1 Å². The third-order valence-corrected chi connectivity index (χ3v) is 6.49. The van der Waals surface area contributed by atoms with Gasteiger partial charge in [0, 0.05) is 61.1 Å². The fourth-order valence-electron chi connectivity index (χ4n) is 3.96. The molecule has 0 saturated carbocycles. The second kappa shape index (κ2) is 9.02. The zero-order valence-corrected chi connectivity index (χ0v) is 19.5. The summed E-state index contributed by atoms with van der Waals surface area (Å²) in [5.74, 6) is 0.397. The Morgan fingerprint density at radius 3 is 2.39 bits per heavy atom. The molecule has 0 spiro atoms. The first-order valence-corrected chi connectivity index (χ1v) is 11.4. The first-order valence-electron chi connectivity index (χ1n) is 10.6. The zero-order valence-electron chi connectivity index (χ0n) is 18.0. The number of aromatic amines is 1. The number of H-pyrrole nitrogens is 1. The predicted octanol–water partition coefficient (Wildman–Crippen LogP) is 4.79. The number of aromatic nitrogens is 3. The summed E-state index contributed by atoms with van der Waals surface area (Å²) in [5.41, 5.74) is 3.13. The largest absolute Gasteiger partial charge is 0.369 e. The average Bonchev–Trinajstić information content (AvgIpc) is 2.81. The van der Waals surface area contributed by atoms with E-state index in [-0.39, 0.29) is 5.43 Å². The maximum Gasteiger partial charge on any atom is 0.229 e. The van der Waals surface area contributed by atoms with Gasteiger partial charge in [0.25, 0.3) is 0 Å². The van der Waals surface area contributed by atoms with Gasteiger partial charge in [-0.2, -0.15) is 4.98 Å². The van der Waals surface area contributed by atoms with Gasteiger partial charge in [0.2, 0.25) is 5.95 Å². The van der Waals surface area contributed by atoms with E-state index in [2.05, 4.69) is 49.2 Å². The van der Waals surface area contributed by atoms with Crippen molar-refractivity contribution in [3.05, 3.63) is 75.1 Å². The van der Waals surface area contributed by atoms with E-state index in [0.29, 0.717) is 38.2 Å². The van der Waals surface area contributed by atoms with Crippen LogP contribution in [0.3, 0.4) is 0 Å². The number of nitrogens with one attached hydrogen (secondary N) is 2. The van der Waals surface area contributed by atoms with E-state index in [1.165, 1.54) is 11.9 Å². The molecule has 1 aliphatic heterocycles. The van der Waals surface area contributed by atoms with E-state index >= 15 is 0 Å². The van der Waals surface area contributed by atoms with Crippen molar-refractivity contribution in [2.24, 2.45) is 0 Å². The summed E-state index contributed by atoms with van der Waals surface area (Å²) in [4.78, 5) is 29.7. The summed E-state index contributed by atoms with van der Waals surface area (Å²) >= 11 is 12.6. The highest BCUT2D eigenvalue weighted by atomic mass is 35.5. The predicted molar refractivity (Wildman–Crippen MR) is 135 cm³/mol. The second-order valence-corrected chi connectivity index (χ2v) is 8.86. The molecule has 0 amide bonds.